The minimum atomic E-state index is -0.216. The molecule has 0 aliphatic carbocycles. The first-order valence-electron chi connectivity index (χ1n) is 8.83. The maximum atomic E-state index is 11.7. The Kier molecular flexibility index (Phi) is 5.71. The maximum Gasteiger partial charge on any atom is 0.319 e. The zero-order valence-electron chi connectivity index (χ0n) is 15.7. The van der Waals surface area contributed by atoms with Gasteiger partial charge in [-0.05, 0) is 48.9 Å². The second kappa shape index (κ2) is 8.35. The van der Waals surface area contributed by atoms with Gasteiger partial charge in [-0.3, -0.25) is 0 Å². The van der Waals surface area contributed by atoms with Crippen LogP contribution in [-0.2, 0) is 0 Å². The Balaban J connectivity index is 1.73. The average molecular weight is 365 g/mol. The SMILES string of the molecule is CCCNC(=O)Nc1ccc(-c2noc(-c3cccc(N(C)C)c3)n2)cc1. The van der Waals surface area contributed by atoms with Crippen molar-refractivity contribution in [3.8, 4) is 22.8 Å². The first-order valence-corrected chi connectivity index (χ1v) is 8.83. The van der Waals surface area contributed by atoms with E-state index < -0.39 is 0 Å². The largest absolute Gasteiger partial charge is 0.378 e. The van der Waals surface area contributed by atoms with Crippen molar-refractivity contribution >= 4 is 17.4 Å². The van der Waals surface area contributed by atoms with Crippen molar-refractivity contribution < 1.29 is 9.32 Å². The highest BCUT2D eigenvalue weighted by atomic mass is 16.5. The fourth-order valence-corrected chi connectivity index (χ4v) is 2.49. The highest BCUT2D eigenvalue weighted by Crippen LogP contribution is 2.25. The van der Waals surface area contributed by atoms with Gasteiger partial charge in [0.15, 0.2) is 0 Å². The summed E-state index contributed by atoms with van der Waals surface area (Å²) < 4.78 is 5.42. The Morgan fingerprint density at radius 3 is 2.59 bits per heavy atom. The lowest BCUT2D eigenvalue weighted by molar-refractivity contribution is 0.252. The number of rotatable bonds is 6. The standard InChI is InChI=1S/C20H23N5O2/c1-4-12-21-20(26)22-16-10-8-14(9-11-16)18-23-19(27-24-18)15-6-5-7-17(13-15)25(2)3/h5-11,13H,4,12H2,1-3H3,(H2,21,22,26). The molecular weight excluding hydrogens is 342 g/mol. The van der Waals surface area contributed by atoms with E-state index in [1.165, 1.54) is 0 Å². The molecule has 0 bridgehead atoms. The minimum Gasteiger partial charge on any atom is -0.378 e. The number of benzene rings is 2. The third-order valence-corrected chi connectivity index (χ3v) is 3.97. The monoisotopic (exact) mass is 365 g/mol. The summed E-state index contributed by atoms with van der Waals surface area (Å²) in [5, 5.41) is 9.62. The molecule has 1 heterocycles. The van der Waals surface area contributed by atoms with E-state index in [0.717, 1.165) is 23.2 Å². The summed E-state index contributed by atoms with van der Waals surface area (Å²) in [5.74, 6) is 0.970. The molecule has 0 aliphatic rings. The number of nitrogens with one attached hydrogen (secondary N) is 2. The van der Waals surface area contributed by atoms with Crippen LogP contribution in [0.1, 0.15) is 13.3 Å². The molecule has 2 N–H and O–H groups in total. The Labute approximate surface area is 158 Å². The number of carbonyl (C=O) groups is 1. The van der Waals surface area contributed by atoms with Crippen LogP contribution < -0.4 is 15.5 Å². The molecule has 2 amide bonds. The molecule has 7 heteroatoms. The molecule has 0 unspecified atom stereocenters. The van der Waals surface area contributed by atoms with Crippen LogP contribution in [0, 0.1) is 0 Å². The number of amides is 2. The molecule has 3 rings (SSSR count). The molecule has 0 saturated heterocycles. The van der Waals surface area contributed by atoms with E-state index in [2.05, 4.69) is 20.8 Å². The van der Waals surface area contributed by atoms with Crippen molar-refractivity contribution in [1.29, 1.82) is 0 Å². The number of aromatic nitrogens is 2. The van der Waals surface area contributed by atoms with Gasteiger partial charge >= 0.3 is 6.03 Å². The van der Waals surface area contributed by atoms with Gasteiger partial charge in [0.25, 0.3) is 5.89 Å². The van der Waals surface area contributed by atoms with Crippen LogP contribution >= 0.6 is 0 Å². The Morgan fingerprint density at radius 2 is 1.89 bits per heavy atom. The lowest BCUT2D eigenvalue weighted by atomic mass is 10.2. The Morgan fingerprint density at radius 1 is 1.11 bits per heavy atom. The number of hydrogen-bond donors (Lipinski definition) is 2. The van der Waals surface area contributed by atoms with Gasteiger partial charge in [0.05, 0.1) is 0 Å². The Hall–Kier alpha value is -3.35. The Bertz CT molecular complexity index is 903. The number of anilines is 2. The normalized spacial score (nSPS) is 10.5. The van der Waals surface area contributed by atoms with Crippen LogP contribution in [0.3, 0.4) is 0 Å². The fraction of sp³-hybridized carbons (Fsp3) is 0.250. The molecule has 140 valence electrons. The van der Waals surface area contributed by atoms with Crippen LogP contribution in [-0.4, -0.2) is 36.8 Å². The number of nitrogens with zero attached hydrogens (tertiary/aromatic N) is 3. The molecular formula is C20H23N5O2. The van der Waals surface area contributed by atoms with Gasteiger partial charge in [-0.15, -0.1) is 0 Å². The van der Waals surface area contributed by atoms with Crippen molar-refractivity contribution in [1.82, 2.24) is 15.5 Å². The predicted octanol–water partition coefficient (Wildman–Crippen LogP) is 4.00. The molecule has 0 spiro atoms. The van der Waals surface area contributed by atoms with E-state index in [9.17, 15) is 4.79 Å². The van der Waals surface area contributed by atoms with Crippen molar-refractivity contribution in [2.75, 3.05) is 30.9 Å². The first-order chi connectivity index (χ1) is 13.1. The summed E-state index contributed by atoms with van der Waals surface area (Å²) in [7, 11) is 3.97. The maximum absolute atomic E-state index is 11.7. The summed E-state index contributed by atoms with van der Waals surface area (Å²) in [4.78, 5) is 18.2. The van der Waals surface area contributed by atoms with E-state index in [0.29, 0.717) is 23.9 Å². The van der Waals surface area contributed by atoms with Crippen LogP contribution in [0.2, 0.25) is 0 Å². The first kappa shape index (κ1) is 18.4. The minimum absolute atomic E-state index is 0.216. The van der Waals surface area contributed by atoms with Crippen molar-refractivity contribution in [3.63, 3.8) is 0 Å². The summed E-state index contributed by atoms with van der Waals surface area (Å²) in [6.07, 6.45) is 0.893. The molecule has 0 aliphatic heterocycles. The van der Waals surface area contributed by atoms with Crippen LogP contribution in [0.5, 0.6) is 0 Å². The lowest BCUT2D eigenvalue weighted by Crippen LogP contribution is -2.29. The quantitative estimate of drug-likeness (QED) is 0.690. The van der Waals surface area contributed by atoms with Crippen LogP contribution in [0.25, 0.3) is 22.8 Å². The van der Waals surface area contributed by atoms with E-state index in [1.807, 2.05) is 74.4 Å². The van der Waals surface area contributed by atoms with Gasteiger partial charge in [0, 0.05) is 43.1 Å². The smallest absolute Gasteiger partial charge is 0.319 e. The number of urea groups is 1. The van der Waals surface area contributed by atoms with Gasteiger partial charge in [-0.25, -0.2) is 4.79 Å². The molecule has 3 aromatic rings. The third kappa shape index (κ3) is 4.63. The molecule has 1 aromatic heterocycles. The second-order valence-corrected chi connectivity index (χ2v) is 6.33. The summed E-state index contributed by atoms with van der Waals surface area (Å²) in [5.41, 5.74) is 3.44. The average Bonchev–Trinajstić information content (AvgIpc) is 3.17. The molecule has 0 atom stereocenters. The van der Waals surface area contributed by atoms with Gasteiger partial charge in [0.2, 0.25) is 5.82 Å². The summed E-state index contributed by atoms with van der Waals surface area (Å²) in [6, 6.07) is 15.0. The lowest BCUT2D eigenvalue weighted by Gasteiger charge is -2.12. The zero-order valence-corrected chi connectivity index (χ0v) is 15.7. The highest BCUT2D eigenvalue weighted by Gasteiger charge is 2.12. The van der Waals surface area contributed by atoms with E-state index in [1.54, 1.807) is 0 Å². The predicted molar refractivity (Wildman–Crippen MR) is 107 cm³/mol. The molecule has 0 radical (unpaired) electrons. The molecule has 0 fully saturated rings. The molecule has 2 aromatic carbocycles. The molecule has 0 saturated carbocycles. The van der Waals surface area contributed by atoms with Crippen LogP contribution in [0.4, 0.5) is 16.2 Å². The van der Waals surface area contributed by atoms with Crippen molar-refractivity contribution in [2.45, 2.75) is 13.3 Å². The van der Waals surface area contributed by atoms with E-state index >= 15 is 0 Å². The molecule has 7 nitrogen and oxygen atoms in total. The zero-order chi connectivity index (χ0) is 19.2. The number of hydrogen-bond acceptors (Lipinski definition) is 5. The summed E-state index contributed by atoms with van der Waals surface area (Å²) in [6.45, 7) is 2.65. The van der Waals surface area contributed by atoms with E-state index in [4.69, 9.17) is 4.52 Å². The topological polar surface area (TPSA) is 83.3 Å². The fourth-order valence-electron chi connectivity index (χ4n) is 2.49. The summed E-state index contributed by atoms with van der Waals surface area (Å²) >= 11 is 0. The van der Waals surface area contributed by atoms with Crippen molar-refractivity contribution in [2.24, 2.45) is 0 Å². The van der Waals surface area contributed by atoms with Gasteiger partial charge in [0.1, 0.15) is 0 Å². The van der Waals surface area contributed by atoms with Gasteiger partial charge in [-0.1, -0.05) is 18.1 Å². The highest BCUT2D eigenvalue weighted by molar-refractivity contribution is 5.89. The van der Waals surface area contributed by atoms with E-state index in [-0.39, 0.29) is 6.03 Å². The third-order valence-electron chi connectivity index (χ3n) is 3.97. The number of carbonyl (C=O) groups excluding carboxylic acids is 1. The van der Waals surface area contributed by atoms with Gasteiger partial charge < -0.3 is 20.1 Å². The van der Waals surface area contributed by atoms with Gasteiger partial charge in [-0.2, -0.15) is 4.98 Å². The molecule has 27 heavy (non-hydrogen) atoms. The second-order valence-electron chi connectivity index (χ2n) is 6.33. The van der Waals surface area contributed by atoms with Crippen LogP contribution in [0.15, 0.2) is 53.1 Å². The van der Waals surface area contributed by atoms with Crippen molar-refractivity contribution in [3.05, 3.63) is 48.5 Å².